The molecular weight excluding hydrogens is 430 g/mol. The van der Waals surface area contributed by atoms with E-state index in [2.05, 4.69) is 31.0 Å². The molecule has 0 fully saturated rings. The SMILES string of the molecule is O=C(N/N=C/c1ccccc1[N+](=O)[O-])/C(=N/Nc1ncnc2ccccc12)c1cccs1. The van der Waals surface area contributed by atoms with Crippen molar-refractivity contribution in [3.63, 3.8) is 0 Å². The Morgan fingerprint density at radius 1 is 1.06 bits per heavy atom. The quantitative estimate of drug-likeness (QED) is 0.254. The summed E-state index contributed by atoms with van der Waals surface area (Å²) >= 11 is 1.33. The van der Waals surface area contributed by atoms with Crippen molar-refractivity contribution in [1.29, 1.82) is 0 Å². The number of carbonyl (C=O) groups excluding carboxylic acids is 1. The Labute approximate surface area is 185 Å². The van der Waals surface area contributed by atoms with Crippen molar-refractivity contribution in [3.8, 4) is 0 Å². The summed E-state index contributed by atoms with van der Waals surface area (Å²) < 4.78 is 0. The molecule has 4 aromatic rings. The van der Waals surface area contributed by atoms with Crippen molar-refractivity contribution >= 4 is 51.6 Å². The molecule has 32 heavy (non-hydrogen) atoms. The van der Waals surface area contributed by atoms with Gasteiger partial charge in [0, 0.05) is 11.5 Å². The minimum Gasteiger partial charge on any atom is -0.265 e. The molecule has 2 aromatic heterocycles. The number of nitrogens with zero attached hydrogens (tertiary/aromatic N) is 5. The molecule has 11 heteroatoms. The van der Waals surface area contributed by atoms with Crippen molar-refractivity contribution in [2.24, 2.45) is 10.2 Å². The minimum absolute atomic E-state index is 0.0856. The molecule has 2 N–H and O–H groups in total. The molecule has 0 atom stereocenters. The number of thiophene rings is 1. The molecule has 0 saturated heterocycles. The van der Waals surface area contributed by atoms with Crippen molar-refractivity contribution in [1.82, 2.24) is 15.4 Å². The highest BCUT2D eigenvalue weighted by molar-refractivity contribution is 7.13. The van der Waals surface area contributed by atoms with Crippen LogP contribution < -0.4 is 10.9 Å². The molecule has 1 amide bonds. The first-order valence-corrected chi connectivity index (χ1v) is 10.2. The van der Waals surface area contributed by atoms with Gasteiger partial charge in [0.2, 0.25) is 0 Å². The molecular formula is C21H15N7O3S. The number of anilines is 1. The lowest BCUT2D eigenvalue weighted by molar-refractivity contribution is -0.385. The molecule has 0 unspecified atom stereocenters. The summed E-state index contributed by atoms with van der Waals surface area (Å²) in [5.74, 6) is -0.144. The lowest BCUT2D eigenvalue weighted by Gasteiger charge is -2.06. The smallest absolute Gasteiger partial charge is 0.265 e. The normalized spacial score (nSPS) is 11.6. The van der Waals surface area contributed by atoms with Crippen LogP contribution in [0.4, 0.5) is 11.5 Å². The first-order chi connectivity index (χ1) is 15.6. The van der Waals surface area contributed by atoms with Crippen LogP contribution in [-0.4, -0.2) is 32.7 Å². The van der Waals surface area contributed by atoms with Crippen LogP contribution in [0.1, 0.15) is 10.4 Å². The van der Waals surface area contributed by atoms with Gasteiger partial charge in [-0.1, -0.05) is 30.3 Å². The van der Waals surface area contributed by atoms with Gasteiger partial charge < -0.3 is 0 Å². The van der Waals surface area contributed by atoms with Gasteiger partial charge in [0.15, 0.2) is 11.5 Å². The number of hydrogen-bond acceptors (Lipinski definition) is 9. The summed E-state index contributed by atoms with van der Waals surface area (Å²) in [7, 11) is 0. The molecule has 0 aliphatic carbocycles. The highest BCUT2D eigenvalue weighted by Crippen LogP contribution is 2.19. The Hall–Kier alpha value is -4.51. The average Bonchev–Trinajstić information content (AvgIpc) is 3.34. The third-order valence-electron chi connectivity index (χ3n) is 4.29. The molecule has 2 heterocycles. The average molecular weight is 445 g/mol. The highest BCUT2D eigenvalue weighted by atomic mass is 32.1. The predicted octanol–water partition coefficient (Wildman–Crippen LogP) is 3.57. The zero-order chi connectivity index (χ0) is 22.3. The fourth-order valence-electron chi connectivity index (χ4n) is 2.81. The Morgan fingerprint density at radius 3 is 2.69 bits per heavy atom. The maximum atomic E-state index is 12.8. The monoisotopic (exact) mass is 445 g/mol. The number of para-hydroxylation sites is 2. The Balaban J connectivity index is 1.57. The molecule has 0 radical (unpaired) electrons. The van der Waals surface area contributed by atoms with E-state index in [1.807, 2.05) is 29.6 Å². The summed E-state index contributed by atoms with van der Waals surface area (Å²) in [5.41, 5.74) is 6.17. The Morgan fingerprint density at radius 2 is 1.88 bits per heavy atom. The van der Waals surface area contributed by atoms with Crippen LogP contribution in [0.15, 0.2) is 82.6 Å². The summed E-state index contributed by atoms with van der Waals surface area (Å²) in [6, 6.07) is 17.0. The van der Waals surface area contributed by atoms with Gasteiger partial charge in [-0.3, -0.25) is 20.3 Å². The number of hydrazone groups is 2. The third kappa shape index (κ3) is 4.63. The van der Waals surface area contributed by atoms with E-state index < -0.39 is 10.8 Å². The van der Waals surface area contributed by atoms with Gasteiger partial charge in [-0.05, 0) is 29.6 Å². The summed E-state index contributed by atoms with van der Waals surface area (Å²) in [6.45, 7) is 0. The zero-order valence-electron chi connectivity index (χ0n) is 16.4. The fraction of sp³-hybridized carbons (Fsp3) is 0. The van der Waals surface area contributed by atoms with Crippen LogP contribution in [0.5, 0.6) is 0 Å². The van der Waals surface area contributed by atoms with Gasteiger partial charge >= 0.3 is 0 Å². The van der Waals surface area contributed by atoms with Gasteiger partial charge in [0.1, 0.15) is 6.33 Å². The maximum absolute atomic E-state index is 12.8. The number of hydrogen-bond donors (Lipinski definition) is 2. The first kappa shape index (κ1) is 20.8. The summed E-state index contributed by atoms with van der Waals surface area (Å²) in [5, 5.41) is 21.8. The molecule has 0 aliphatic rings. The van der Waals surface area contributed by atoms with Crippen molar-refractivity contribution in [2.75, 3.05) is 5.43 Å². The van der Waals surface area contributed by atoms with E-state index in [9.17, 15) is 14.9 Å². The lowest BCUT2D eigenvalue weighted by atomic mass is 10.2. The van der Waals surface area contributed by atoms with E-state index in [1.54, 1.807) is 24.3 Å². The standard InChI is InChI=1S/C21H15N7O3S/c29-21(27-24-12-14-6-1-4-9-17(14)28(30)31)19(18-10-5-11-32-18)25-26-20-15-7-2-3-8-16(15)22-13-23-20/h1-13H,(H,27,29)(H,22,23,26)/b24-12+,25-19+. The number of benzene rings is 2. The van der Waals surface area contributed by atoms with Crippen LogP contribution in [0.3, 0.4) is 0 Å². The first-order valence-electron chi connectivity index (χ1n) is 9.27. The van der Waals surface area contributed by atoms with Gasteiger partial charge in [0.25, 0.3) is 11.6 Å². The number of fused-ring (bicyclic) bond motifs is 1. The molecule has 158 valence electrons. The predicted molar refractivity (Wildman–Crippen MR) is 123 cm³/mol. The Kier molecular flexibility index (Phi) is 6.18. The zero-order valence-corrected chi connectivity index (χ0v) is 17.2. The maximum Gasteiger partial charge on any atom is 0.293 e. The number of nitro benzene ring substituents is 1. The second-order valence-corrected chi connectivity index (χ2v) is 7.25. The van der Waals surface area contributed by atoms with E-state index in [4.69, 9.17) is 0 Å². The summed E-state index contributed by atoms with van der Waals surface area (Å²) in [4.78, 5) is 32.4. The third-order valence-corrected chi connectivity index (χ3v) is 5.17. The second kappa shape index (κ2) is 9.53. The number of carbonyl (C=O) groups is 1. The van der Waals surface area contributed by atoms with Gasteiger partial charge in [-0.2, -0.15) is 10.2 Å². The Bertz CT molecular complexity index is 1330. The highest BCUT2D eigenvalue weighted by Gasteiger charge is 2.16. The molecule has 0 saturated carbocycles. The minimum atomic E-state index is -0.590. The van der Waals surface area contributed by atoms with Crippen molar-refractivity contribution in [2.45, 2.75) is 0 Å². The molecule has 2 aromatic carbocycles. The summed E-state index contributed by atoms with van der Waals surface area (Å²) in [6.07, 6.45) is 2.62. The number of nitrogens with one attached hydrogen (secondary N) is 2. The van der Waals surface area contributed by atoms with Crippen LogP contribution in [-0.2, 0) is 4.79 Å². The largest absolute Gasteiger partial charge is 0.293 e. The van der Waals surface area contributed by atoms with Crippen LogP contribution >= 0.6 is 11.3 Å². The fourth-order valence-corrected chi connectivity index (χ4v) is 3.52. The van der Waals surface area contributed by atoms with E-state index >= 15 is 0 Å². The van der Waals surface area contributed by atoms with E-state index in [0.717, 1.165) is 10.9 Å². The van der Waals surface area contributed by atoms with E-state index in [0.29, 0.717) is 10.7 Å². The number of nitro groups is 1. The molecule has 0 bridgehead atoms. The van der Waals surface area contributed by atoms with Crippen molar-refractivity contribution in [3.05, 3.63) is 92.9 Å². The number of amides is 1. The second-order valence-electron chi connectivity index (χ2n) is 6.30. The number of rotatable bonds is 7. The van der Waals surface area contributed by atoms with Gasteiger partial charge in [0.05, 0.1) is 27.1 Å². The van der Waals surface area contributed by atoms with Gasteiger partial charge in [-0.15, -0.1) is 11.3 Å². The van der Waals surface area contributed by atoms with Crippen LogP contribution in [0, 0.1) is 10.1 Å². The lowest BCUT2D eigenvalue weighted by Crippen LogP contribution is -2.28. The molecule has 0 spiro atoms. The molecule has 0 aliphatic heterocycles. The molecule has 4 rings (SSSR count). The van der Waals surface area contributed by atoms with Crippen molar-refractivity contribution < 1.29 is 9.72 Å². The number of aromatic nitrogens is 2. The van der Waals surface area contributed by atoms with Crippen LogP contribution in [0.25, 0.3) is 10.9 Å². The molecule has 10 nitrogen and oxygen atoms in total. The van der Waals surface area contributed by atoms with Gasteiger partial charge in [-0.25, -0.2) is 15.4 Å². The van der Waals surface area contributed by atoms with E-state index in [-0.39, 0.29) is 17.0 Å². The topological polar surface area (TPSA) is 135 Å². The van der Waals surface area contributed by atoms with Crippen LogP contribution in [0.2, 0.25) is 0 Å². The van der Waals surface area contributed by atoms with E-state index in [1.165, 1.54) is 36.0 Å².